The summed E-state index contributed by atoms with van der Waals surface area (Å²) in [6, 6.07) is 5.94. The summed E-state index contributed by atoms with van der Waals surface area (Å²) in [5.41, 5.74) is 1.06. The predicted molar refractivity (Wildman–Crippen MR) is 65.8 cm³/mol. The van der Waals surface area contributed by atoms with E-state index in [2.05, 4.69) is 26.1 Å². The van der Waals surface area contributed by atoms with Crippen molar-refractivity contribution in [3.8, 4) is 11.5 Å². The third kappa shape index (κ3) is 3.42. The molecule has 1 unspecified atom stereocenters. The maximum absolute atomic E-state index is 9.61. The molecule has 1 aromatic rings. The van der Waals surface area contributed by atoms with E-state index >= 15 is 0 Å². The Morgan fingerprint density at radius 2 is 2.00 bits per heavy atom. The summed E-state index contributed by atoms with van der Waals surface area (Å²) in [6.45, 7) is 7.29. The number of phenolic OH excluding ortho intramolecular Hbond substituents is 1. The van der Waals surface area contributed by atoms with Crippen LogP contribution in [0.15, 0.2) is 18.2 Å². The second-order valence-electron chi connectivity index (χ2n) is 4.42. The smallest absolute Gasteiger partial charge is 0.160 e. The fourth-order valence-corrected chi connectivity index (χ4v) is 1.36. The van der Waals surface area contributed by atoms with Gasteiger partial charge >= 0.3 is 0 Å². The number of rotatable bonds is 5. The highest BCUT2D eigenvalue weighted by atomic mass is 16.5. The Balaban J connectivity index is 2.58. The lowest BCUT2D eigenvalue weighted by atomic mass is 10.1. The molecule has 0 saturated carbocycles. The van der Waals surface area contributed by atoms with Crippen LogP contribution in [0, 0.1) is 5.92 Å². The van der Waals surface area contributed by atoms with Crippen LogP contribution in [0.25, 0.3) is 0 Å². The molecule has 0 aliphatic rings. The monoisotopic (exact) mass is 223 g/mol. The maximum atomic E-state index is 9.61. The normalized spacial score (nSPS) is 12.8. The van der Waals surface area contributed by atoms with Crippen molar-refractivity contribution >= 4 is 0 Å². The van der Waals surface area contributed by atoms with Crippen molar-refractivity contribution in [3.05, 3.63) is 23.8 Å². The van der Waals surface area contributed by atoms with Crippen LogP contribution in [0.2, 0.25) is 0 Å². The molecule has 3 nitrogen and oxygen atoms in total. The number of benzene rings is 1. The number of ether oxygens (including phenoxy) is 1. The molecule has 0 aliphatic heterocycles. The summed E-state index contributed by atoms with van der Waals surface area (Å²) in [7, 11) is 1.55. The van der Waals surface area contributed by atoms with E-state index in [1.54, 1.807) is 19.2 Å². The van der Waals surface area contributed by atoms with Gasteiger partial charge in [-0.15, -0.1) is 0 Å². The van der Waals surface area contributed by atoms with Crippen LogP contribution in [0.4, 0.5) is 0 Å². The molecular weight excluding hydrogens is 202 g/mol. The fraction of sp³-hybridized carbons (Fsp3) is 0.538. The van der Waals surface area contributed by atoms with Crippen LogP contribution >= 0.6 is 0 Å². The summed E-state index contributed by atoms with van der Waals surface area (Å²) in [4.78, 5) is 0. The van der Waals surface area contributed by atoms with Crippen LogP contribution in [-0.4, -0.2) is 18.3 Å². The van der Waals surface area contributed by atoms with Crippen molar-refractivity contribution in [1.29, 1.82) is 0 Å². The molecule has 0 amide bonds. The minimum atomic E-state index is 0.194. The van der Waals surface area contributed by atoms with Crippen LogP contribution < -0.4 is 10.1 Å². The first kappa shape index (κ1) is 12.8. The van der Waals surface area contributed by atoms with E-state index in [-0.39, 0.29) is 5.75 Å². The van der Waals surface area contributed by atoms with Gasteiger partial charge in [0, 0.05) is 12.6 Å². The van der Waals surface area contributed by atoms with Crippen LogP contribution in [-0.2, 0) is 6.54 Å². The Hall–Kier alpha value is -1.22. The molecule has 0 spiro atoms. The van der Waals surface area contributed by atoms with E-state index in [9.17, 15) is 5.11 Å². The molecule has 16 heavy (non-hydrogen) atoms. The SMILES string of the molecule is COc1ccc(CNC(C)C(C)C)cc1O. The number of nitrogens with one attached hydrogen (secondary N) is 1. The van der Waals surface area contributed by atoms with Gasteiger partial charge in [-0.1, -0.05) is 19.9 Å². The summed E-state index contributed by atoms with van der Waals surface area (Å²) in [6.07, 6.45) is 0. The molecular formula is C13H21NO2. The summed E-state index contributed by atoms with van der Waals surface area (Å²) >= 11 is 0. The van der Waals surface area contributed by atoms with E-state index in [1.807, 2.05) is 6.07 Å². The lowest BCUT2D eigenvalue weighted by Gasteiger charge is -2.17. The van der Waals surface area contributed by atoms with Crippen LogP contribution in [0.1, 0.15) is 26.3 Å². The Kier molecular flexibility index (Phi) is 4.62. The van der Waals surface area contributed by atoms with Gasteiger partial charge in [-0.2, -0.15) is 0 Å². The van der Waals surface area contributed by atoms with Gasteiger partial charge < -0.3 is 15.2 Å². The second-order valence-corrected chi connectivity index (χ2v) is 4.42. The topological polar surface area (TPSA) is 41.5 Å². The van der Waals surface area contributed by atoms with Crippen molar-refractivity contribution in [3.63, 3.8) is 0 Å². The molecule has 3 heteroatoms. The average Bonchev–Trinajstić information content (AvgIpc) is 2.25. The van der Waals surface area contributed by atoms with Gasteiger partial charge in [0.05, 0.1) is 7.11 Å². The second kappa shape index (κ2) is 5.75. The van der Waals surface area contributed by atoms with Crippen molar-refractivity contribution in [2.75, 3.05) is 7.11 Å². The first-order valence-electron chi connectivity index (χ1n) is 5.64. The Labute approximate surface area is 97.4 Å². The molecule has 0 heterocycles. The highest BCUT2D eigenvalue weighted by molar-refractivity contribution is 5.41. The number of methoxy groups -OCH3 is 1. The standard InChI is InChI=1S/C13H21NO2/c1-9(2)10(3)14-8-11-5-6-13(16-4)12(15)7-11/h5-7,9-10,14-15H,8H2,1-4H3. The first-order chi connectivity index (χ1) is 7.54. The van der Waals surface area contributed by atoms with Gasteiger partial charge in [0.15, 0.2) is 11.5 Å². The van der Waals surface area contributed by atoms with Crippen LogP contribution in [0.5, 0.6) is 11.5 Å². The van der Waals surface area contributed by atoms with Gasteiger partial charge in [-0.05, 0) is 30.5 Å². The van der Waals surface area contributed by atoms with Gasteiger partial charge in [-0.25, -0.2) is 0 Å². The van der Waals surface area contributed by atoms with E-state index < -0.39 is 0 Å². The van der Waals surface area contributed by atoms with Gasteiger partial charge in [-0.3, -0.25) is 0 Å². The average molecular weight is 223 g/mol. The molecule has 0 saturated heterocycles. The zero-order valence-electron chi connectivity index (χ0n) is 10.4. The van der Waals surface area contributed by atoms with E-state index in [1.165, 1.54) is 0 Å². The molecule has 1 atom stereocenters. The zero-order valence-corrected chi connectivity index (χ0v) is 10.4. The van der Waals surface area contributed by atoms with Gasteiger partial charge in [0.1, 0.15) is 0 Å². The van der Waals surface area contributed by atoms with Crippen molar-refractivity contribution < 1.29 is 9.84 Å². The summed E-state index contributed by atoms with van der Waals surface area (Å²) < 4.78 is 4.99. The Bertz CT molecular complexity index is 337. The molecule has 0 radical (unpaired) electrons. The Morgan fingerprint density at radius 3 is 2.50 bits per heavy atom. The van der Waals surface area contributed by atoms with Crippen molar-refractivity contribution in [1.82, 2.24) is 5.32 Å². The molecule has 0 fully saturated rings. The largest absolute Gasteiger partial charge is 0.504 e. The number of hydrogen-bond donors (Lipinski definition) is 2. The number of aromatic hydroxyl groups is 1. The van der Waals surface area contributed by atoms with E-state index in [0.717, 1.165) is 12.1 Å². The highest BCUT2D eigenvalue weighted by Gasteiger charge is 2.07. The predicted octanol–water partition coefficient (Wildman–Crippen LogP) is 2.53. The minimum Gasteiger partial charge on any atom is -0.504 e. The highest BCUT2D eigenvalue weighted by Crippen LogP contribution is 2.26. The molecule has 90 valence electrons. The first-order valence-corrected chi connectivity index (χ1v) is 5.64. The molecule has 1 rings (SSSR count). The van der Waals surface area contributed by atoms with E-state index in [0.29, 0.717) is 17.7 Å². The van der Waals surface area contributed by atoms with Crippen molar-refractivity contribution in [2.24, 2.45) is 5.92 Å². The molecule has 1 aromatic carbocycles. The third-order valence-corrected chi connectivity index (χ3v) is 2.87. The lowest BCUT2D eigenvalue weighted by Crippen LogP contribution is -2.30. The molecule has 0 bridgehead atoms. The molecule has 2 N–H and O–H groups in total. The number of hydrogen-bond acceptors (Lipinski definition) is 3. The quantitative estimate of drug-likeness (QED) is 0.806. The molecule has 0 aromatic heterocycles. The van der Waals surface area contributed by atoms with Gasteiger partial charge in [0.25, 0.3) is 0 Å². The Morgan fingerprint density at radius 1 is 1.31 bits per heavy atom. The summed E-state index contributed by atoms with van der Waals surface area (Å²) in [5.74, 6) is 1.31. The lowest BCUT2D eigenvalue weighted by molar-refractivity contribution is 0.372. The minimum absolute atomic E-state index is 0.194. The number of phenols is 1. The zero-order chi connectivity index (χ0) is 12.1. The third-order valence-electron chi connectivity index (χ3n) is 2.87. The van der Waals surface area contributed by atoms with E-state index in [4.69, 9.17) is 4.74 Å². The van der Waals surface area contributed by atoms with Crippen molar-refractivity contribution in [2.45, 2.75) is 33.4 Å². The fourth-order valence-electron chi connectivity index (χ4n) is 1.36. The summed E-state index contributed by atoms with van der Waals surface area (Å²) in [5, 5.41) is 13.0. The molecule has 0 aliphatic carbocycles. The van der Waals surface area contributed by atoms with Gasteiger partial charge in [0.2, 0.25) is 0 Å². The maximum Gasteiger partial charge on any atom is 0.160 e. The van der Waals surface area contributed by atoms with Crippen LogP contribution in [0.3, 0.4) is 0 Å².